The summed E-state index contributed by atoms with van der Waals surface area (Å²) in [5.41, 5.74) is 4.51. The molecule has 2 heterocycles. The molecule has 5 aromatic rings. The van der Waals surface area contributed by atoms with E-state index in [1.54, 1.807) is 18.2 Å². The predicted molar refractivity (Wildman–Crippen MR) is 127 cm³/mol. The minimum Gasteiger partial charge on any atom is -0.323 e. The largest absolute Gasteiger partial charge is 0.323 e. The van der Waals surface area contributed by atoms with Crippen LogP contribution in [0.15, 0.2) is 66.7 Å². The van der Waals surface area contributed by atoms with Crippen molar-refractivity contribution in [3.63, 3.8) is 0 Å². The number of fused-ring (bicyclic) bond motifs is 4. The first-order valence-electron chi connectivity index (χ1n) is 9.98. The molecule has 31 heavy (non-hydrogen) atoms. The van der Waals surface area contributed by atoms with Gasteiger partial charge in [-0.3, -0.25) is 4.79 Å². The van der Waals surface area contributed by atoms with Crippen LogP contribution in [0.4, 0.5) is 5.69 Å². The van der Waals surface area contributed by atoms with Gasteiger partial charge in [-0.1, -0.05) is 60.5 Å². The van der Waals surface area contributed by atoms with Crippen LogP contribution in [0, 0.1) is 0 Å². The quantitative estimate of drug-likeness (QED) is 0.335. The zero-order chi connectivity index (χ0) is 21.5. The highest BCUT2D eigenvalue weighted by Crippen LogP contribution is 2.33. The molecule has 0 bridgehead atoms. The van der Waals surface area contributed by atoms with Crippen LogP contribution in [-0.4, -0.2) is 20.4 Å². The third kappa shape index (κ3) is 3.40. The summed E-state index contributed by atoms with van der Waals surface area (Å²) in [7, 11) is 0. The van der Waals surface area contributed by atoms with Gasteiger partial charge in [0.15, 0.2) is 5.65 Å². The second kappa shape index (κ2) is 7.84. The highest BCUT2D eigenvalue weighted by Gasteiger charge is 2.25. The number of carbonyl (C=O) groups excluding carboxylic acids is 1. The number of anilines is 1. The monoisotopic (exact) mass is 448 g/mol. The summed E-state index contributed by atoms with van der Waals surface area (Å²) in [5, 5.41) is 4.81. The Balaban J connectivity index is 1.69. The molecule has 0 saturated heterocycles. The van der Waals surface area contributed by atoms with Gasteiger partial charge in [-0.15, -0.1) is 0 Å². The topological polar surface area (TPSA) is 59.8 Å². The summed E-state index contributed by atoms with van der Waals surface area (Å²) in [6.07, 6.45) is 0.569. The zero-order valence-electron chi connectivity index (χ0n) is 16.6. The van der Waals surface area contributed by atoms with E-state index < -0.39 is 6.04 Å². The second-order valence-electron chi connectivity index (χ2n) is 7.31. The fourth-order valence-corrected chi connectivity index (χ4v) is 4.40. The number of carbonyl (C=O) groups is 1. The summed E-state index contributed by atoms with van der Waals surface area (Å²) in [6, 6.07) is 20.2. The number of hydrogen-bond donors (Lipinski definition) is 1. The van der Waals surface area contributed by atoms with Crippen molar-refractivity contribution in [1.82, 2.24) is 14.5 Å². The zero-order valence-corrected chi connectivity index (χ0v) is 18.2. The summed E-state index contributed by atoms with van der Waals surface area (Å²) in [4.78, 5) is 23.1. The first-order valence-corrected chi connectivity index (χ1v) is 10.7. The number of halogens is 2. The van der Waals surface area contributed by atoms with Crippen LogP contribution >= 0.6 is 23.2 Å². The van der Waals surface area contributed by atoms with Crippen LogP contribution in [0.25, 0.3) is 33.1 Å². The van der Waals surface area contributed by atoms with Crippen molar-refractivity contribution in [2.75, 3.05) is 5.32 Å². The van der Waals surface area contributed by atoms with E-state index in [2.05, 4.69) is 5.32 Å². The molecule has 5 nitrogen and oxygen atoms in total. The van der Waals surface area contributed by atoms with Gasteiger partial charge < -0.3 is 9.88 Å². The van der Waals surface area contributed by atoms with Crippen LogP contribution in [0.5, 0.6) is 0 Å². The van der Waals surface area contributed by atoms with Crippen molar-refractivity contribution >= 4 is 67.9 Å². The Morgan fingerprint density at radius 3 is 2.45 bits per heavy atom. The van der Waals surface area contributed by atoms with Crippen molar-refractivity contribution in [1.29, 1.82) is 0 Å². The van der Waals surface area contributed by atoms with E-state index in [0.717, 1.165) is 27.5 Å². The number of para-hydroxylation sites is 3. The molecule has 154 valence electrons. The SMILES string of the molecule is CCC(C(=O)Nc1ccc(Cl)cc1Cl)n1c2ccccc2c2nc3ccccc3nc21. The maximum atomic E-state index is 13.4. The van der Waals surface area contributed by atoms with E-state index >= 15 is 0 Å². The standard InChI is InChI=1S/C24H18Cl2N4O/c1-2-20(24(31)29-17-12-11-14(25)13-16(17)26)30-21-10-6-3-7-15(21)22-23(30)28-19-9-5-4-8-18(19)27-22/h3-13,20H,2H2,1H3,(H,29,31). The minimum atomic E-state index is -0.496. The lowest BCUT2D eigenvalue weighted by Gasteiger charge is -2.19. The molecule has 0 fully saturated rings. The van der Waals surface area contributed by atoms with Gasteiger partial charge in [-0.2, -0.15) is 0 Å². The van der Waals surface area contributed by atoms with Gasteiger partial charge >= 0.3 is 0 Å². The van der Waals surface area contributed by atoms with Crippen molar-refractivity contribution in [2.24, 2.45) is 0 Å². The number of nitrogens with zero attached hydrogens (tertiary/aromatic N) is 3. The average Bonchev–Trinajstić information content (AvgIpc) is 3.08. The van der Waals surface area contributed by atoms with Crippen molar-refractivity contribution in [3.05, 3.63) is 76.8 Å². The highest BCUT2D eigenvalue weighted by atomic mass is 35.5. The second-order valence-corrected chi connectivity index (χ2v) is 8.15. The summed E-state index contributed by atoms with van der Waals surface area (Å²) < 4.78 is 1.98. The molecular weight excluding hydrogens is 431 g/mol. The molecule has 3 aromatic carbocycles. The van der Waals surface area contributed by atoms with Crippen LogP contribution in [0.3, 0.4) is 0 Å². The predicted octanol–water partition coefficient (Wildman–Crippen LogP) is 6.63. The van der Waals surface area contributed by atoms with Gasteiger partial charge in [0.2, 0.25) is 5.91 Å². The van der Waals surface area contributed by atoms with Crippen LogP contribution in [-0.2, 0) is 4.79 Å². The molecule has 5 rings (SSSR count). The third-order valence-electron chi connectivity index (χ3n) is 5.39. The molecule has 0 aliphatic rings. The smallest absolute Gasteiger partial charge is 0.247 e. The van der Waals surface area contributed by atoms with Crippen molar-refractivity contribution in [3.8, 4) is 0 Å². The Morgan fingerprint density at radius 2 is 1.71 bits per heavy atom. The Kier molecular flexibility index (Phi) is 5.00. The first-order chi connectivity index (χ1) is 15.1. The molecule has 7 heteroatoms. The number of aromatic nitrogens is 3. The van der Waals surface area contributed by atoms with Gasteiger partial charge in [-0.25, -0.2) is 9.97 Å². The maximum absolute atomic E-state index is 13.4. The summed E-state index contributed by atoms with van der Waals surface area (Å²) in [6.45, 7) is 1.97. The molecule has 2 aromatic heterocycles. The van der Waals surface area contributed by atoms with Crippen LogP contribution < -0.4 is 5.32 Å². The number of amides is 1. The van der Waals surface area contributed by atoms with E-state index in [4.69, 9.17) is 33.2 Å². The molecule has 1 amide bonds. The fourth-order valence-electron chi connectivity index (χ4n) is 3.95. The Hall–Kier alpha value is -3.15. The molecular formula is C24H18Cl2N4O. The van der Waals surface area contributed by atoms with E-state index in [1.807, 2.05) is 60.0 Å². The highest BCUT2D eigenvalue weighted by molar-refractivity contribution is 6.36. The van der Waals surface area contributed by atoms with E-state index in [1.165, 1.54) is 0 Å². The molecule has 1 N–H and O–H groups in total. The Bertz CT molecular complexity index is 1460. The lowest BCUT2D eigenvalue weighted by atomic mass is 10.2. The lowest BCUT2D eigenvalue weighted by molar-refractivity contribution is -0.119. The molecule has 0 radical (unpaired) electrons. The molecule has 0 spiro atoms. The fraction of sp³-hybridized carbons (Fsp3) is 0.125. The number of nitrogens with one attached hydrogen (secondary N) is 1. The molecule has 1 atom stereocenters. The van der Waals surface area contributed by atoms with Gasteiger partial charge in [0.25, 0.3) is 0 Å². The Morgan fingerprint density at radius 1 is 1.00 bits per heavy atom. The molecule has 0 aliphatic heterocycles. The number of hydrogen-bond acceptors (Lipinski definition) is 3. The van der Waals surface area contributed by atoms with Gasteiger partial charge in [0.1, 0.15) is 11.6 Å². The maximum Gasteiger partial charge on any atom is 0.247 e. The normalized spacial score (nSPS) is 12.5. The van der Waals surface area contributed by atoms with E-state index in [9.17, 15) is 4.79 Å². The van der Waals surface area contributed by atoms with Gasteiger partial charge in [0.05, 0.1) is 27.3 Å². The minimum absolute atomic E-state index is 0.177. The first kappa shape index (κ1) is 19.8. The van der Waals surface area contributed by atoms with Crippen LogP contribution in [0.1, 0.15) is 19.4 Å². The van der Waals surface area contributed by atoms with E-state index in [-0.39, 0.29) is 5.91 Å². The Labute approximate surface area is 188 Å². The van der Waals surface area contributed by atoms with E-state index in [0.29, 0.717) is 27.8 Å². The average molecular weight is 449 g/mol. The molecule has 0 saturated carbocycles. The number of benzene rings is 3. The van der Waals surface area contributed by atoms with Crippen LogP contribution in [0.2, 0.25) is 10.0 Å². The lowest BCUT2D eigenvalue weighted by Crippen LogP contribution is -2.26. The molecule has 0 aliphatic carbocycles. The molecule has 1 unspecified atom stereocenters. The summed E-state index contributed by atoms with van der Waals surface area (Å²) >= 11 is 12.3. The summed E-state index contributed by atoms with van der Waals surface area (Å²) in [5.74, 6) is -0.177. The third-order valence-corrected chi connectivity index (χ3v) is 5.94. The van der Waals surface area contributed by atoms with Gasteiger partial charge in [0, 0.05) is 10.4 Å². The van der Waals surface area contributed by atoms with Crippen molar-refractivity contribution < 1.29 is 4.79 Å². The number of rotatable bonds is 4. The van der Waals surface area contributed by atoms with Crippen molar-refractivity contribution in [2.45, 2.75) is 19.4 Å². The van der Waals surface area contributed by atoms with Gasteiger partial charge in [-0.05, 0) is 42.8 Å².